The number of carboxylic acids is 1. The van der Waals surface area contributed by atoms with Crippen LogP contribution in [0.3, 0.4) is 0 Å². The minimum Gasteiger partial charge on any atom is -0.545 e. The summed E-state index contributed by atoms with van der Waals surface area (Å²) in [5, 5.41) is 11.8. The summed E-state index contributed by atoms with van der Waals surface area (Å²) < 4.78 is 22.7. The molecule has 0 aliphatic rings. The lowest BCUT2D eigenvalue weighted by Crippen LogP contribution is -2.44. The molecule has 0 heterocycles. The van der Waals surface area contributed by atoms with Gasteiger partial charge < -0.3 is 33.3 Å². The number of esters is 2. The Balaban J connectivity index is 4.27. The van der Waals surface area contributed by atoms with E-state index in [1.165, 1.54) is 135 Å². The highest BCUT2D eigenvalue weighted by molar-refractivity contribution is 5.70. The maximum absolute atomic E-state index is 12.9. The lowest BCUT2D eigenvalue weighted by molar-refractivity contribution is -0.870. The Hall–Kier alpha value is -3.27. The first-order valence-corrected chi connectivity index (χ1v) is 29.1. The Kier molecular flexibility index (Phi) is 50.6. The van der Waals surface area contributed by atoms with E-state index >= 15 is 0 Å². The molecule has 9 heteroatoms. The van der Waals surface area contributed by atoms with Crippen molar-refractivity contribution in [1.29, 1.82) is 0 Å². The Morgan fingerprint density at radius 3 is 1.21 bits per heavy atom. The first-order valence-electron chi connectivity index (χ1n) is 29.1. The third-order valence-corrected chi connectivity index (χ3v) is 12.4. The molecule has 0 aromatic rings. The van der Waals surface area contributed by atoms with Crippen molar-refractivity contribution in [1.82, 2.24) is 0 Å². The van der Waals surface area contributed by atoms with Gasteiger partial charge in [-0.3, -0.25) is 9.59 Å². The van der Waals surface area contributed by atoms with Crippen LogP contribution in [-0.2, 0) is 33.3 Å². The molecule has 0 amide bonds. The van der Waals surface area contributed by atoms with E-state index in [0.29, 0.717) is 17.4 Å². The molecule has 2 atom stereocenters. The monoisotopic (exact) mass is 996 g/mol. The van der Waals surface area contributed by atoms with Gasteiger partial charge in [0.05, 0.1) is 40.3 Å². The van der Waals surface area contributed by atoms with Crippen molar-refractivity contribution in [3.8, 4) is 0 Å². The molecule has 9 nitrogen and oxygen atoms in total. The predicted molar refractivity (Wildman–Crippen MR) is 297 cm³/mol. The number of unbranched alkanes of at least 4 members (excludes halogenated alkanes) is 26. The van der Waals surface area contributed by atoms with E-state index in [1.54, 1.807) is 0 Å². The second-order valence-corrected chi connectivity index (χ2v) is 20.5. The first-order chi connectivity index (χ1) is 34.6. The molecular formula is C62H109NO8. The molecule has 0 aliphatic heterocycles. The molecule has 0 radical (unpaired) electrons. The van der Waals surface area contributed by atoms with E-state index in [1.807, 2.05) is 21.1 Å². The van der Waals surface area contributed by atoms with Crippen LogP contribution in [0, 0.1) is 0 Å². The normalized spacial score (nSPS) is 13.3. The molecule has 0 saturated heterocycles. The SMILES string of the molecule is CC/C=C\C/C=C\C/C=C\C/C=C\C/C=C\CCCCCCCCCCCC(=O)OC(COC(=O)CCCCCCCCCCC/C=C\CCCCCCCCCC)COC(OCC[N+](C)(C)C)C(=O)[O-]. The van der Waals surface area contributed by atoms with Gasteiger partial charge >= 0.3 is 11.9 Å². The lowest BCUT2D eigenvalue weighted by Gasteiger charge is -2.26. The number of aliphatic carboxylic acids is 1. The molecule has 0 N–H and O–H groups in total. The minimum absolute atomic E-state index is 0.144. The Morgan fingerprint density at radius 1 is 0.437 bits per heavy atom. The van der Waals surface area contributed by atoms with Crippen LogP contribution in [0.2, 0.25) is 0 Å². The van der Waals surface area contributed by atoms with E-state index in [0.717, 1.165) is 77.0 Å². The van der Waals surface area contributed by atoms with Crippen LogP contribution in [0.25, 0.3) is 0 Å². The minimum atomic E-state index is -1.63. The number of ether oxygens (including phenoxy) is 4. The largest absolute Gasteiger partial charge is 0.545 e. The summed E-state index contributed by atoms with van der Waals surface area (Å²) in [6.45, 7) is 4.64. The van der Waals surface area contributed by atoms with Crippen molar-refractivity contribution in [2.45, 2.75) is 257 Å². The smallest absolute Gasteiger partial charge is 0.306 e. The molecule has 410 valence electrons. The van der Waals surface area contributed by atoms with Crippen molar-refractivity contribution in [2.75, 3.05) is 47.5 Å². The summed E-state index contributed by atoms with van der Waals surface area (Å²) >= 11 is 0. The summed E-state index contributed by atoms with van der Waals surface area (Å²) in [6.07, 6.45) is 65.1. The van der Waals surface area contributed by atoms with Crippen LogP contribution in [0.5, 0.6) is 0 Å². The predicted octanol–water partition coefficient (Wildman–Crippen LogP) is 15.7. The van der Waals surface area contributed by atoms with E-state index in [4.69, 9.17) is 18.9 Å². The van der Waals surface area contributed by atoms with Crippen LogP contribution in [0.1, 0.15) is 245 Å². The molecule has 0 aliphatic carbocycles. The summed E-state index contributed by atoms with van der Waals surface area (Å²) in [5.41, 5.74) is 0. The van der Waals surface area contributed by atoms with Crippen LogP contribution in [0.15, 0.2) is 72.9 Å². The molecule has 0 bridgehead atoms. The number of allylic oxidation sites excluding steroid dienone is 12. The van der Waals surface area contributed by atoms with Crippen molar-refractivity contribution in [2.24, 2.45) is 0 Å². The highest BCUT2D eigenvalue weighted by Gasteiger charge is 2.22. The van der Waals surface area contributed by atoms with E-state index < -0.39 is 24.3 Å². The maximum Gasteiger partial charge on any atom is 0.306 e. The summed E-state index contributed by atoms with van der Waals surface area (Å²) in [5.74, 6) is -2.29. The van der Waals surface area contributed by atoms with E-state index in [2.05, 4.69) is 86.8 Å². The fraction of sp³-hybridized carbons (Fsp3) is 0.758. The van der Waals surface area contributed by atoms with Gasteiger partial charge in [0.25, 0.3) is 0 Å². The first kappa shape index (κ1) is 67.7. The Morgan fingerprint density at radius 2 is 0.803 bits per heavy atom. The van der Waals surface area contributed by atoms with Gasteiger partial charge in [-0.05, 0) is 83.5 Å². The number of nitrogens with zero attached hydrogens (tertiary/aromatic N) is 1. The number of rotatable bonds is 53. The maximum atomic E-state index is 12.9. The number of hydrogen-bond acceptors (Lipinski definition) is 8. The highest BCUT2D eigenvalue weighted by Crippen LogP contribution is 2.16. The van der Waals surface area contributed by atoms with Gasteiger partial charge in [0.1, 0.15) is 13.2 Å². The van der Waals surface area contributed by atoms with Gasteiger partial charge in [-0.25, -0.2) is 0 Å². The van der Waals surface area contributed by atoms with Gasteiger partial charge in [-0.1, -0.05) is 222 Å². The number of carbonyl (C=O) groups excluding carboxylic acids is 3. The second-order valence-electron chi connectivity index (χ2n) is 20.5. The number of carboxylic acid groups (broad SMARTS) is 1. The molecule has 0 aromatic carbocycles. The zero-order valence-electron chi connectivity index (χ0n) is 46.6. The fourth-order valence-electron chi connectivity index (χ4n) is 7.97. The molecule has 0 spiro atoms. The van der Waals surface area contributed by atoms with Gasteiger partial charge in [0.2, 0.25) is 0 Å². The number of quaternary nitrogens is 1. The molecule has 0 rings (SSSR count). The van der Waals surface area contributed by atoms with Gasteiger partial charge in [0.15, 0.2) is 12.4 Å². The Labute approximate surface area is 437 Å². The summed E-state index contributed by atoms with van der Waals surface area (Å²) in [6, 6.07) is 0. The average Bonchev–Trinajstić information content (AvgIpc) is 3.34. The third kappa shape index (κ3) is 54.3. The van der Waals surface area contributed by atoms with Crippen molar-refractivity contribution < 1.29 is 42.9 Å². The molecule has 0 fully saturated rings. The van der Waals surface area contributed by atoms with E-state index in [-0.39, 0.29) is 38.6 Å². The number of carbonyl (C=O) groups is 3. The van der Waals surface area contributed by atoms with Crippen molar-refractivity contribution in [3.63, 3.8) is 0 Å². The van der Waals surface area contributed by atoms with Crippen LogP contribution in [0.4, 0.5) is 0 Å². The van der Waals surface area contributed by atoms with Gasteiger partial charge in [-0.2, -0.15) is 0 Å². The number of likely N-dealkylation sites (N-methyl/N-ethyl adjacent to an activating group) is 1. The molecule has 0 saturated carbocycles. The third-order valence-electron chi connectivity index (χ3n) is 12.4. The van der Waals surface area contributed by atoms with Crippen molar-refractivity contribution in [3.05, 3.63) is 72.9 Å². The zero-order valence-corrected chi connectivity index (χ0v) is 46.6. The zero-order chi connectivity index (χ0) is 52.0. The standard InChI is InChI=1S/C62H109NO8/c1-6-8-10-12-14-16-18-20-22-24-26-28-29-30-31-33-35-37-39-41-43-45-47-49-51-53-60(65)71-58(57-70-62(61(66)67)68-55-54-63(3,4)5)56-69-59(64)52-50-48-46-44-42-40-38-36-34-32-27-25-23-21-19-17-15-13-11-9-7-2/h8,10,14,16,20,22,25-28,30-31,58,62H,6-7,9,11-13,15,17-19,21,23-24,29,32-57H2,1-5H3/b10-8-,16-14-,22-20-,27-25-,28-26-,31-30-. The van der Waals surface area contributed by atoms with Gasteiger partial charge in [0, 0.05) is 12.8 Å². The highest BCUT2D eigenvalue weighted by atomic mass is 16.7. The molecule has 2 unspecified atom stereocenters. The van der Waals surface area contributed by atoms with Crippen molar-refractivity contribution >= 4 is 17.9 Å². The molecule has 0 aromatic heterocycles. The van der Waals surface area contributed by atoms with E-state index in [9.17, 15) is 19.5 Å². The fourth-order valence-corrected chi connectivity index (χ4v) is 7.97. The Bertz CT molecular complexity index is 1390. The summed E-state index contributed by atoms with van der Waals surface area (Å²) in [7, 11) is 5.92. The summed E-state index contributed by atoms with van der Waals surface area (Å²) in [4.78, 5) is 37.3. The second kappa shape index (κ2) is 53.0. The van der Waals surface area contributed by atoms with Crippen LogP contribution in [-0.4, -0.2) is 82.3 Å². The molecular weight excluding hydrogens is 887 g/mol. The van der Waals surface area contributed by atoms with Crippen LogP contribution < -0.4 is 5.11 Å². The lowest BCUT2D eigenvalue weighted by atomic mass is 10.1. The average molecular weight is 997 g/mol. The van der Waals surface area contributed by atoms with Gasteiger partial charge in [-0.15, -0.1) is 0 Å². The topological polar surface area (TPSA) is 111 Å². The number of hydrogen-bond donors (Lipinski definition) is 0. The molecule has 71 heavy (non-hydrogen) atoms. The quantitative estimate of drug-likeness (QED) is 0.0195. The van der Waals surface area contributed by atoms with Crippen LogP contribution >= 0.6 is 0 Å².